The lowest BCUT2D eigenvalue weighted by Crippen LogP contribution is -2.34. The summed E-state index contributed by atoms with van der Waals surface area (Å²) in [5.74, 6) is 6.07. The van der Waals surface area contributed by atoms with Crippen LogP contribution in [0.2, 0.25) is 0 Å². The van der Waals surface area contributed by atoms with Gasteiger partial charge in [-0.15, -0.1) is 0 Å². The summed E-state index contributed by atoms with van der Waals surface area (Å²) >= 11 is 0. The van der Waals surface area contributed by atoms with Crippen LogP contribution in [0.15, 0.2) is 29.2 Å². The van der Waals surface area contributed by atoms with Gasteiger partial charge >= 0.3 is 0 Å². The molecule has 1 aromatic rings. The van der Waals surface area contributed by atoms with Crippen LogP contribution >= 0.6 is 0 Å². The highest BCUT2D eigenvalue weighted by molar-refractivity contribution is 7.89. The smallest absolute Gasteiger partial charge is 0.243 e. The monoisotopic (exact) mass is 307 g/mol. The van der Waals surface area contributed by atoms with Crippen molar-refractivity contribution in [2.75, 3.05) is 13.2 Å². The Balaban J connectivity index is 2.29. The molecule has 1 aliphatic heterocycles. The van der Waals surface area contributed by atoms with Crippen LogP contribution in [-0.2, 0) is 10.0 Å². The van der Waals surface area contributed by atoms with Crippen molar-refractivity contribution in [1.29, 1.82) is 0 Å². The van der Waals surface area contributed by atoms with Crippen LogP contribution in [0.3, 0.4) is 0 Å². The molecule has 114 valence electrons. The number of aliphatic hydroxyl groups is 1. The quantitative estimate of drug-likeness (QED) is 0.867. The predicted molar refractivity (Wildman–Crippen MR) is 82.2 cm³/mol. The molecule has 1 N–H and O–H groups in total. The molecule has 1 heterocycles. The fourth-order valence-electron chi connectivity index (χ4n) is 2.69. The molecule has 0 saturated carbocycles. The van der Waals surface area contributed by atoms with Gasteiger partial charge in [-0.3, -0.25) is 0 Å². The lowest BCUT2D eigenvalue weighted by Gasteiger charge is -2.21. The van der Waals surface area contributed by atoms with Crippen molar-refractivity contribution in [1.82, 2.24) is 4.31 Å². The first kappa shape index (κ1) is 16.0. The van der Waals surface area contributed by atoms with E-state index in [1.54, 1.807) is 28.6 Å². The first-order valence-electron chi connectivity index (χ1n) is 7.17. The maximum Gasteiger partial charge on any atom is 0.243 e. The van der Waals surface area contributed by atoms with Crippen molar-refractivity contribution in [3.8, 4) is 11.8 Å². The third-order valence-electron chi connectivity index (χ3n) is 3.64. The van der Waals surface area contributed by atoms with E-state index in [1.807, 2.05) is 6.92 Å². The minimum atomic E-state index is -3.46. The van der Waals surface area contributed by atoms with E-state index in [0.29, 0.717) is 29.3 Å². The maximum atomic E-state index is 12.7. The molecule has 1 aromatic carbocycles. The molecule has 0 bridgehead atoms. The van der Waals surface area contributed by atoms with Crippen molar-refractivity contribution >= 4 is 10.0 Å². The van der Waals surface area contributed by atoms with Gasteiger partial charge in [-0.25, -0.2) is 8.42 Å². The van der Waals surface area contributed by atoms with Crippen LogP contribution in [0.25, 0.3) is 0 Å². The Morgan fingerprint density at radius 3 is 2.76 bits per heavy atom. The molecule has 1 saturated heterocycles. The van der Waals surface area contributed by atoms with E-state index < -0.39 is 10.0 Å². The molecule has 5 heteroatoms. The summed E-state index contributed by atoms with van der Waals surface area (Å²) in [5.41, 5.74) is 0.657. The average molecular weight is 307 g/mol. The second-order valence-corrected chi connectivity index (χ2v) is 7.46. The third-order valence-corrected chi connectivity index (χ3v) is 5.61. The van der Waals surface area contributed by atoms with E-state index in [0.717, 1.165) is 6.42 Å². The highest BCUT2D eigenvalue weighted by Crippen LogP contribution is 2.29. The second-order valence-electron chi connectivity index (χ2n) is 5.57. The van der Waals surface area contributed by atoms with Gasteiger partial charge in [0, 0.05) is 24.6 Å². The molecule has 1 aliphatic rings. The number of sulfonamides is 1. The zero-order valence-electron chi connectivity index (χ0n) is 12.4. The number of rotatable bonds is 3. The van der Waals surface area contributed by atoms with Gasteiger partial charge in [0.1, 0.15) is 0 Å². The summed E-state index contributed by atoms with van der Waals surface area (Å²) in [5, 5.41) is 8.72. The largest absolute Gasteiger partial charge is 0.395 e. The molecule has 2 atom stereocenters. The number of benzene rings is 1. The van der Waals surface area contributed by atoms with E-state index in [9.17, 15) is 8.42 Å². The number of hydrogen-bond acceptors (Lipinski definition) is 3. The highest BCUT2D eigenvalue weighted by Gasteiger charge is 2.35. The predicted octanol–water partition coefficient (Wildman–Crippen LogP) is 1.84. The van der Waals surface area contributed by atoms with Crippen molar-refractivity contribution < 1.29 is 13.5 Å². The normalized spacial score (nSPS) is 22.8. The summed E-state index contributed by atoms with van der Waals surface area (Å²) < 4.78 is 27.0. The Morgan fingerprint density at radius 2 is 2.14 bits per heavy atom. The first-order valence-corrected chi connectivity index (χ1v) is 8.61. The number of aliphatic hydroxyl groups excluding tert-OH is 1. The zero-order valence-corrected chi connectivity index (χ0v) is 13.2. The summed E-state index contributed by atoms with van der Waals surface area (Å²) in [6.07, 6.45) is 1.28. The van der Waals surface area contributed by atoms with Gasteiger partial charge in [-0.2, -0.15) is 4.31 Å². The van der Waals surface area contributed by atoms with Gasteiger partial charge in [0.2, 0.25) is 10.0 Å². The van der Waals surface area contributed by atoms with Gasteiger partial charge in [0.05, 0.1) is 11.5 Å². The first-order chi connectivity index (χ1) is 9.95. The minimum Gasteiger partial charge on any atom is -0.395 e. The van der Waals surface area contributed by atoms with Crippen molar-refractivity contribution in [2.24, 2.45) is 5.92 Å². The Morgan fingerprint density at radius 1 is 1.38 bits per heavy atom. The van der Waals surface area contributed by atoms with Crippen LogP contribution in [0.1, 0.15) is 32.3 Å². The molecule has 0 aliphatic carbocycles. The van der Waals surface area contributed by atoms with Gasteiger partial charge in [-0.05, 0) is 37.5 Å². The molecule has 0 amide bonds. The fourth-order valence-corrected chi connectivity index (χ4v) is 4.49. The molecule has 0 aromatic heterocycles. The van der Waals surface area contributed by atoms with Crippen LogP contribution in [0, 0.1) is 17.8 Å². The van der Waals surface area contributed by atoms with Crippen LogP contribution in [0.4, 0.5) is 0 Å². The van der Waals surface area contributed by atoms with Crippen molar-refractivity contribution in [2.45, 2.75) is 37.6 Å². The lowest BCUT2D eigenvalue weighted by atomic mass is 10.1. The molecule has 0 radical (unpaired) electrons. The molecular formula is C16H21NO3S. The van der Waals surface area contributed by atoms with Crippen LogP contribution in [0.5, 0.6) is 0 Å². The van der Waals surface area contributed by atoms with E-state index in [-0.39, 0.29) is 12.6 Å². The average Bonchev–Trinajstić information content (AvgIpc) is 2.79. The summed E-state index contributed by atoms with van der Waals surface area (Å²) in [6.45, 7) is 4.60. The van der Waals surface area contributed by atoms with Crippen LogP contribution < -0.4 is 0 Å². The molecule has 2 rings (SSSR count). The Hall–Kier alpha value is -1.35. The maximum absolute atomic E-state index is 12.7. The Labute approximate surface area is 126 Å². The van der Waals surface area contributed by atoms with Gasteiger partial charge in [0.15, 0.2) is 0 Å². The Kier molecular flexibility index (Phi) is 5.04. The van der Waals surface area contributed by atoms with E-state index >= 15 is 0 Å². The summed E-state index contributed by atoms with van der Waals surface area (Å²) in [6, 6.07) is 6.74. The highest BCUT2D eigenvalue weighted by atomic mass is 32.2. The molecule has 21 heavy (non-hydrogen) atoms. The molecule has 4 nitrogen and oxygen atoms in total. The van der Waals surface area contributed by atoms with Gasteiger partial charge in [-0.1, -0.05) is 24.8 Å². The molecule has 1 fully saturated rings. The SMILES string of the molecule is CC1CC(C)N(S(=O)(=O)c2cccc(C#CCCO)c2)C1. The molecule has 2 unspecified atom stereocenters. The molecular weight excluding hydrogens is 286 g/mol. The molecule has 0 spiro atoms. The summed E-state index contributed by atoms with van der Waals surface area (Å²) in [4.78, 5) is 0.291. The third kappa shape index (κ3) is 3.65. The number of hydrogen-bond donors (Lipinski definition) is 1. The number of nitrogens with zero attached hydrogens (tertiary/aromatic N) is 1. The Bertz CT molecular complexity index is 658. The van der Waals surface area contributed by atoms with Crippen LogP contribution in [-0.4, -0.2) is 37.0 Å². The standard InChI is InChI=1S/C16H21NO3S/c1-13-10-14(2)17(12-13)21(19,20)16-8-5-7-15(11-16)6-3-4-9-18/h5,7-8,11,13-14,18H,4,9-10,12H2,1-2H3. The summed E-state index contributed by atoms with van der Waals surface area (Å²) in [7, 11) is -3.46. The van der Waals surface area contributed by atoms with E-state index in [4.69, 9.17) is 5.11 Å². The van der Waals surface area contributed by atoms with Crippen molar-refractivity contribution in [3.05, 3.63) is 29.8 Å². The van der Waals surface area contributed by atoms with Crippen molar-refractivity contribution in [3.63, 3.8) is 0 Å². The van der Waals surface area contributed by atoms with E-state index in [2.05, 4.69) is 18.8 Å². The van der Waals surface area contributed by atoms with Gasteiger partial charge in [0.25, 0.3) is 0 Å². The topological polar surface area (TPSA) is 57.6 Å². The van der Waals surface area contributed by atoms with E-state index in [1.165, 1.54) is 0 Å². The fraction of sp³-hybridized carbons (Fsp3) is 0.500. The van der Waals surface area contributed by atoms with Gasteiger partial charge < -0.3 is 5.11 Å². The second kappa shape index (κ2) is 6.61. The zero-order chi connectivity index (χ0) is 15.5. The lowest BCUT2D eigenvalue weighted by molar-refractivity contribution is 0.305. The minimum absolute atomic E-state index is 0.00811.